The van der Waals surface area contributed by atoms with Crippen LogP contribution in [0.3, 0.4) is 0 Å². The fourth-order valence-electron chi connectivity index (χ4n) is 3.30. The van der Waals surface area contributed by atoms with Gasteiger partial charge in [-0.15, -0.1) is 0 Å². The van der Waals surface area contributed by atoms with Gasteiger partial charge in [-0.3, -0.25) is 4.79 Å². The van der Waals surface area contributed by atoms with E-state index in [1.54, 1.807) is 38.5 Å². The standard InChI is InChI=1S/C25H22O6/c1-27-20-10-9-17(11-23(20)28-2)21-13-19(26)18-12-24(29-3)25(14-22(18)31-21)30-15-16-7-5-4-6-8-16/h4-14H,15H2,1-3H3. The van der Waals surface area contributed by atoms with Gasteiger partial charge in [0.1, 0.15) is 18.0 Å². The summed E-state index contributed by atoms with van der Waals surface area (Å²) in [6.07, 6.45) is 0. The Morgan fingerprint density at radius 1 is 0.742 bits per heavy atom. The molecular weight excluding hydrogens is 396 g/mol. The van der Waals surface area contributed by atoms with E-state index in [4.69, 9.17) is 23.4 Å². The third-order valence-electron chi connectivity index (χ3n) is 4.92. The molecule has 158 valence electrons. The van der Waals surface area contributed by atoms with E-state index < -0.39 is 0 Å². The summed E-state index contributed by atoms with van der Waals surface area (Å²) in [6.45, 7) is 0.363. The maximum Gasteiger partial charge on any atom is 0.193 e. The molecule has 3 aromatic carbocycles. The molecule has 0 unspecified atom stereocenters. The molecule has 0 saturated carbocycles. The Morgan fingerprint density at radius 2 is 1.45 bits per heavy atom. The van der Waals surface area contributed by atoms with Gasteiger partial charge in [0.15, 0.2) is 28.4 Å². The second kappa shape index (κ2) is 8.83. The van der Waals surface area contributed by atoms with Crippen LogP contribution >= 0.6 is 0 Å². The molecule has 0 bridgehead atoms. The van der Waals surface area contributed by atoms with E-state index in [9.17, 15) is 4.79 Å². The van der Waals surface area contributed by atoms with Gasteiger partial charge in [0.25, 0.3) is 0 Å². The fraction of sp³-hybridized carbons (Fsp3) is 0.160. The zero-order valence-electron chi connectivity index (χ0n) is 17.5. The van der Waals surface area contributed by atoms with Gasteiger partial charge in [-0.2, -0.15) is 0 Å². The van der Waals surface area contributed by atoms with Crippen LogP contribution in [0.15, 0.2) is 75.9 Å². The lowest BCUT2D eigenvalue weighted by Crippen LogP contribution is -2.03. The van der Waals surface area contributed by atoms with Crippen molar-refractivity contribution in [3.8, 4) is 34.3 Å². The molecule has 1 heterocycles. The molecule has 0 aliphatic rings. The highest BCUT2D eigenvalue weighted by Gasteiger charge is 2.15. The van der Waals surface area contributed by atoms with Gasteiger partial charge < -0.3 is 23.4 Å². The largest absolute Gasteiger partial charge is 0.493 e. The van der Waals surface area contributed by atoms with E-state index in [0.29, 0.717) is 51.9 Å². The first-order valence-corrected chi connectivity index (χ1v) is 9.68. The summed E-state index contributed by atoms with van der Waals surface area (Å²) >= 11 is 0. The first kappa shape index (κ1) is 20.3. The fourth-order valence-corrected chi connectivity index (χ4v) is 3.30. The molecule has 0 aliphatic heterocycles. The molecule has 1 aromatic heterocycles. The molecule has 6 nitrogen and oxygen atoms in total. The van der Waals surface area contributed by atoms with Crippen molar-refractivity contribution >= 4 is 11.0 Å². The van der Waals surface area contributed by atoms with Gasteiger partial charge >= 0.3 is 0 Å². The molecule has 0 aliphatic carbocycles. The Labute approximate surface area is 179 Å². The van der Waals surface area contributed by atoms with Crippen LogP contribution in [0.1, 0.15) is 5.56 Å². The zero-order valence-corrected chi connectivity index (χ0v) is 17.5. The van der Waals surface area contributed by atoms with E-state index in [-0.39, 0.29) is 5.43 Å². The first-order chi connectivity index (χ1) is 15.1. The van der Waals surface area contributed by atoms with E-state index in [2.05, 4.69) is 0 Å². The molecule has 0 saturated heterocycles. The van der Waals surface area contributed by atoms with Gasteiger partial charge in [0, 0.05) is 17.7 Å². The Morgan fingerprint density at radius 3 is 2.16 bits per heavy atom. The lowest BCUT2D eigenvalue weighted by Gasteiger charge is -2.13. The number of hydrogen-bond acceptors (Lipinski definition) is 6. The average molecular weight is 418 g/mol. The molecule has 0 radical (unpaired) electrons. The molecular formula is C25H22O6. The van der Waals surface area contributed by atoms with Gasteiger partial charge in [-0.05, 0) is 29.8 Å². The maximum absolute atomic E-state index is 12.8. The van der Waals surface area contributed by atoms with Crippen molar-refractivity contribution in [1.82, 2.24) is 0 Å². The summed E-state index contributed by atoms with van der Waals surface area (Å²) in [5.74, 6) is 2.51. The summed E-state index contributed by atoms with van der Waals surface area (Å²) in [6, 6.07) is 19.9. The molecule has 0 spiro atoms. The van der Waals surface area contributed by atoms with Crippen LogP contribution in [0, 0.1) is 0 Å². The van der Waals surface area contributed by atoms with Gasteiger partial charge in [-0.1, -0.05) is 30.3 Å². The number of rotatable bonds is 7. The number of methoxy groups -OCH3 is 3. The monoisotopic (exact) mass is 418 g/mol. The van der Waals surface area contributed by atoms with E-state index in [1.165, 1.54) is 13.2 Å². The third kappa shape index (κ3) is 4.19. The van der Waals surface area contributed by atoms with E-state index >= 15 is 0 Å². The highest BCUT2D eigenvalue weighted by Crippen LogP contribution is 2.35. The molecule has 0 atom stereocenters. The minimum Gasteiger partial charge on any atom is -0.493 e. The Balaban J connectivity index is 1.76. The Bertz CT molecular complexity index is 1260. The molecule has 31 heavy (non-hydrogen) atoms. The normalized spacial score (nSPS) is 10.7. The van der Waals surface area contributed by atoms with Crippen molar-refractivity contribution in [2.45, 2.75) is 6.61 Å². The number of benzene rings is 3. The maximum atomic E-state index is 12.8. The van der Waals surface area contributed by atoms with Gasteiger partial charge in [0.05, 0.1) is 26.7 Å². The van der Waals surface area contributed by atoms with Crippen molar-refractivity contribution in [2.24, 2.45) is 0 Å². The van der Waals surface area contributed by atoms with E-state index in [1.807, 2.05) is 36.4 Å². The third-order valence-corrected chi connectivity index (χ3v) is 4.92. The second-order valence-electron chi connectivity index (χ2n) is 6.82. The van der Waals surface area contributed by atoms with E-state index in [0.717, 1.165) is 5.56 Å². The van der Waals surface area contributed by atoms with Gasteiger partial charge in [-0.25, -0.2) is 0 Å². The molecule has 4 aromatic rings. The molecule has 6 heteroatoms. The SMILES string of the molecule is COc1ccc(-c2cc(=O)c3cc(OC)c(OCc4ccccc4)cc3o2)cc1OC. The Kier molecular flexibility index (Phi) is 5.80. The van der Waals surface area contributed by atoms with Crippen LogP contribution in [0.4, 0.5) is 0 Å². The molecule has 0 N–H and O–H groups in total. The summed E-state index contributed by atoms with van der Waals surface area (Å²) < 4.78 is 28.1. The minimum absolute atomic E-state index is 0.182. The first-order valence-electron chi connectivity index (χ1n) is 9.68. The van der Waals surface area contributed by atoms with Crippen LogP contribution in [-0.2, 0) is 6.61 Å². The summed E-state index contributed by atoms with van der Waals surface area (Å²) in [7, 11) is 4.66. The highest BCUT2D eigenvalue weighted by molar-refractivity contribution is 5.82. The van der Waals surface area contributed by atoms with Gasteiger partial charge in [0.2, 0.25) is 0 Å². The van der Waals surface area contributed by atoms with Crippen molar-refractivity contribution in [3.63, 3.8) is 0 Å². The lowest BCUT2D eigenvalue weighted by atomic mass is 10.1. The second-order valence-corrected chi connectivity index (χ2v) is 6.82. The number of hydrogen-bond donors (Lipinski definition) is 0. The minimum atomic E-state index is -0.182. The van der Waals surface area contributed by atoms with Crippen LogP contribution in [0.2, 0.25) is 0 Å². The lowest BCUT2D eigenvalue weighted by molar-refractivity contribution is 0.284. The smallest absolute Gasteiger partial charge is 0.193 e. The quantitative estimate of drug-likeness (QED) is 0.418. The highest BCUT2D eigenvalue weighted by atomic mass is 16.5. The average Bonchev–Trinajstić information content (AvgIpc) is 2.82. The summed E-state index contributed by atoms with van der Waals surface area (Å²) in [5, 5.41) is 0.410. The number of fused-ring (bicyclic) bond motifs is 1. The summed E-state index contributed by atoms with van der Waals surface area (Å²) in [5.41, 5.74) is 1.93. The summed E-state index contributed by atoms with van der Waals surface area (Å²) in [4.78, 5) is 12.8. The van der Waals surface area contributed by atoms with Crippen LogP contribution in [-0.4, -0.2) is 21.3 Å². The topological polar surface area (TPSA) is 67.1 Å². The molecule has 4 rings (SSSR count). The van der Waals surface area contributed by atoms with Crippen molar-refractivity contribution in [2.75, 3.05) is 21.3 Å². The molecule has 0 fully saturated rings. The number of ether oxygens (including phenoxy) is 4. The predicted molar refractivity (Wildman–Crippen MR) is 118 cm³/mol. The van der Waals surface area contributed by atoms with Crippen molar-refractivity contribution in [1.29, 1.82) is 0 Å². The van der Waals surface area contributed by atoms with Crippen molar-refractivity contribution < 1.29 is 23.4 Å². The molecule has 0 amide bonds. The van der Waals surface area contributed by atoms with Crippen LogP contribution in [0.5, 0.6) is 23.0 Å². The van der Waals surface area contributed by atoms with Crippen molar-refractivity contribution in [3.05, 3.63) is 82.5 Å². The van der Waals surface area contributed by atoms with Crippen LogP contribution < -0.4 is 24.4 Å². The Hall–Kier alpha value is -3.93. The predicted octanol–water partition coefficient (Wildman–Crippen LogP) is 5.06. The van der Waals surface area contributed by atoms with Crippen LogP contribution in [0.25, 0.3) is 22.3 Å². The zero-order chi connectivity index (χ0) is 21.8.